The van der Waals surface area contributed by atoms with E-state index in [1.807, 2.05) is 36.4 Å². The van der Waals surface area contributed by atoms with Gasteiger partial charge in [0.25, 0.3) is 0 Å². The number of carboxylic acids is 1. The number of aromatic carboxylic acids is 1. The van der Waals surface area contributed by atoms with Gasteiger partial charge in [0.15, 0.2) is 5.69 Å². The molecule has 8 heteroatoms. The van der Waals surface area contributed by atoms with E-state index in [0.717, 1.165) is 20.8 Å². The Kier molecular flexibility index (Phi) is 4.85. The van der Waals surface area contributed by atoms with Crippen LogP contribution in [0.25, 0.3) is 20.8 Å². The van der Waals surface area contributed by atoms with Crippen LogP contribution in [0.15, 0.2) is 54.7 Å². The minimum absolute atomic E-state index is 0.0972. The number of fused-ring (bicyclic) bond motifs is 1. The van der Waals surface area contributed by atoms with Crippen LogP contribution in [0.5, 0.6) is 0 Å². The van der Waals surface area contributed by atoms with Gasteiger partial charge in [-0.3, -0.25) is 9.48 Å². The van der Waals surface area contributed by atoms with E-state index >= 15 is 0 Å². The van der Waals surface area contributed by atoms with Crippen molar-refractivity contribution in [2.75, 3.05) is 5.32 Å². The molecule has 2 N–H and O–H groups in total. The minimum atomic E-state index is -1.13. The van der Waals surface area contributed by atoms with Crippen LogP contribution in [0.4, 0.5) is 5.69 Å². The molecule has 0 saturated heterocycles. The number of carboxylic acid groups (broad SMARTS) is 1. The Morgan fingerprint density at radius 3 is 2.59 bits per heavy atom. The maximum Gasteiger partial charge on any atom is 0.356 e. The first kappa shape index (κ1) is 18.8. The molecule has 0 aliphatic heterocycles. The number of anilines is 1. The fourth-order valence-corrected chi connectivity index (χ4v) is 3.96. The first-order valence-corrected chi connectivity index (χ1v) is 9.79. The molecule has 0 radical (unpaired) electrons. The Balaban J connectivity index is 1.48. The number of aryl methyl sites for hydroxylation is 1. The molecule has 146 valence electrons. The summed E-state index contributed by atoms with van der Waals surface area (Å²) in [7, 11) is 0. The summed E-state index contributed by atoms with van der Waals surface area (Å²) in [5.74, 6) is -1.41. The van der Waals surface area contributed by atoms with E-state index in [1.165, 1.54) is 22.5 Å². The zero-order valence-corrected chi connectivity index (χ0v) is 16.6. The summed E-state index contributed by atoms with van der Waals surface area (Å²) in [6.45, 7) is 3.72. The summed E-state index contributed by atoms with van der Waals surface area (Å²) in [5.41, 5.74) is 3.70. The van der Waals surface area contributed by atoms with Gasteiger partial charge in [0.1, 0.15) is 11.0 Å². The van der Waals surface area contributed by atoms with E-state index in [9.17, 15) is 9.59 Å². The van der Waals surface area contributed by atoms with Crippen molar-refractivity contribution in [1.29, 1.82) is 0 Å². The third kappa shape index (κ3) is 3.88. The molecule has 0 spiro atoms. The van der Waals surface area contributed by atoms with Gasteiger partial charge in [-0.05, 0) is 61.9 Å². The third-order valence-electron chi connectivity index (χ3n) is 4.55. The molecule has 2 heterocycles. The van der Waals surface area contributed by atoms with Crippen molar-refractivity contribution in [3.8, 4) is 10.6 Å². The number of thiazole rings is 1. The number of benzene rings is 2. The highest BCUT2D eigenvalue weighted by Gasteiger charge is 2.18. The molecule has 29 heavy (non-hydrogen) atoms. The van der Waals surface area contributed by atoms with Gasteiger partial charge in [-0.2, -0.15) is 5.10 Å². The Labute approximate surface area is 170 Å². The standard InChI is InChI=1S/C21H18N4O3S/c1-12-3-8-16-18(11-12)29-20(23-16)14-4-6-15(7-5-14)22-19(26)13(2)25-10-9-17(24-25)21(27)28/h3-11,13H,1-2H3,(H,22,26)(H,27,28). The molecular weight excluding hydrogens is 388 g/mol. The van der Waals surface area contributed by atoms with Crippen LogP contribution < -0.4 is 5.32 Å². The van der Waals surface area contributed by atoms with Crippen molar-refractivity contribution in [2.45, 2.75) is 19.9 Å². The number of aromatic nitrogens is 3. The molecular formula is C21H18N4O3S. The summed E-state index contributed by atoms with van der Waals surface area (Å²) >= 11 is 1.63. The molecule has 4 rings (SSSR count). The number of nitrogens with zero attached hydrogens (tertiary/aromatic N) is 3. The van der Waals surface area contributed by atoms with Crippen molar-refractivity contribution in [2.24, 2.45) is 0 Å². The third-order valence-corrected chi connectivity index (χ3v) is 5.61. The van der Waals surface area contributed by atoms with Gasteiger partial charge in [0.2, 0.25) is 5.91 Å². The average Bonchev–Trinajstić information content (AvgIpc) is 3.35. The number of carbonyl (C=O) groups excluding carboxylic acids is 1. The molecule has 0 aliphatic rings. The topological polar surface area (TPSA) is 97.1 Å². The van der Waals surface area contributed by atoms with Gasteiger partial charge >= 0.3 is 5.97 Å². The van der Waals surface area contributed by atoms with E-state index < -0.39 is 12.0 Å². The number of rotatable bonds is 5. The number of carbonyl (C=O) groups is 2. The molecule has 1 amide bonds. The first-order valence-electron chi connectivity index (χ1n) is 8.97. The Bertz CT molecular complexity index is 1210. The van der Waals surface area contributed by atoms with E-state index in [1.54, 1.807) is 18.3 Å². The highest BCUT2D eigenvalue weighted by atomic mass is 32.1. The lowest BCUT2D eigenvalue weighted by Crippen LogP contribution is -2.24. The maximum absolute atomic E-state index is 12.5. The molecule has 7 nitrogen and oxygen atoms in total. The van der Waals surface area contributed by atoms with Gasteiger partial charge < -0.3 is 10.4 Å². The number of amides is 1. The lowest BCUT2D eigenvalue weighted by molar-refractivity contribution is -0.119. The Morgan fingerprint density at radius 2 is 1.90 bits per heavy atom. The van der Waals surface area contributed by atoms with E-state index in [-0.39, 0.29) is 11.6 Å². The second-order valence-corrected chi connectivity index (χ2v) is 7.75. The first-order chi connectivity index (χ1) is 13.9. The second kappa shape index (κ2) is 7.48. The Morgan fingerprint density at radius 1 is 1.14 bits per heavy atom. The van der Waals surface area contributed by atoms with E-state index in [0.29, 0.717) is 5.69 Å². The normalized spacial score (nSPS) is 12.1. The zero-order chi connectivity index (χ0) is 20.5. The molecule has 0 saturated carbocycles. The molecule has 0 fully saturated rings. The van der Waals surface area contributed by atoms with Crippen molar-refractivity contribution in [3.05, 3.63) is 66.0 Å². The van der Waals surface area contributed by atoms with Gasteiger partial charge in [-0.1, -0.05) is 6.07 Å². The van der Waals surface area contributed by atoms with Crippen LogP contribution in [-0.2, 0) is 4.79 Å². The SMILES string of the molecule is Cc1ccc2nc(-c3ccc(NC(=O)C(C)n4ccc(C(=O)O)n4)cc3)sc2c1. The highest BCUT2D eigenvalue weighted by Crippen LogP contribution is 2.31. The van der Waals surface area contributed by atoms with Crippen LogP contribution in [0.3, 0.4) is 0 Å². The minimum Gasteiger partial charge on any atom is -0.476 e. The molecule has 0 bridgehead atoms. The lowest BCUT2D eigenvalue weighted by atomic mass is 10.2. The summed E-state index contributed by atoms with van der Waals surface area (Å²) in [5, 5.41) is 16.6. The predicted octanol–water partition coefficient (Wildman–Crippen LogP) is 4.37. The van der Waals surface area contributed by atoms with Crippen molar-refractivity contribution >= 4 is 39.1 Å². The molecule has 1 unspecified atom stereocenters. The maximum atomic E-state index is 12.5. The Hall–Kier alpha value is -3.52. The van der Waals surface area contributed by atoms with Crippen LogP contribution in [-0.4, -0.2) is 31.7 Å². The van der Waals surface area contributed by atoms with Gasteiger partial charge in [-0.25, -0.2) is 9.78 Å². The van der Waals surface area contributed by atoms with Crippen LogP contribution in [0.2, 0.25) is 0 Å². The lowest BCUT2D eigenvalue weighted by Gasteiger charge is -2.13. The largest absolute Gasteiger partial charge is 0.476 e. The average molecular weight is 406 g/mol. The van der Waals surface area contributed by atoms with Crippen LogP contribution in [0.1, 0.15) is 29.0 Å². The van der Waals surface area contributed by atoms with Gasteiger partial charge in [-0.15, -0.1) is 11.3 Å². The van der Waals surface area contributed by atoms with Gasteiger partial charge in [0.05, 0.1) is 10.2 Å². The summed E-state index contributed by atoms with van der Waals surface area (Å²) in [6, 6.07) is 14.4. The summed E-state index contributed by atoms with van der Waals surface area (Å²) < 4.78 is 2.47. The number of nitrogens with one attached hydrogen (secondary N) is 1. The predicted molar refractivity (Wildman–Crippen MR) is 112 cm³/mol. The van der Waals surface area contributed by atoms with E-state index in [2.05, 4.69) is 28.4 Å². The quantitative estimate of drug-likeness (QED) is 0.513. The fraction of sp³-hybridized carbons (Fsp3) is 0.143. The smallest absolute Gasteiger partial charge is 0.356 e. The number of hydrogen-bond acceptors (Lipinski definition) is 5. The van der Waals surface area contributed by atoms with Crippen molar-refractivity contribution in [3.63, 3.8) is 0 Å². The molecule has 2 aromatic carbocycles. The zero-order valence-electron chi connectivity index (χ0n) is 15.8. The van der Waals surface area contributed by atoms with Crippen LogP contribution >= 0.6 is 11.3 Å². The summed E-state index contributed by atoms with van der Waals surface area (Å²) in [6.07, 6.45) is 1.48. The van der Waals surface area contributed by atoms with Crippen LogP contribution in [0, 0.1) is 6.92 Å². The molecule has 2 aromatic heterocycles. The van der Waals surface area contributed by atoms with Gasteiger partial charge in [0, 0.05) is 17.4 Å². The molecule has 0 aliphatic carbocycles. The highest BCUT2D eigenvalue weighted by molar-refractivity contribution is 7.21. The van der Waals surface area contributed by atoms with E-state index in [4.69, 9.17) is 5.11 Å². The monoisotopic (exact) mass is 406 g/mol. The fourth-order valence-electron chi connectivity index (χ4n) is 2.89. The van der Waals surface area contributed by atoms with Crippen molar-refractivity contribution in [1.82, 2.24) is 14.8 Å². The number of hydrogen-bond donors (Lipinski definition) is 2. The molecule has 4 aromatic rings. The second-order valence-electron chi connectivity index (χ2n) is 6.72. The summed E-state index contributed by atoms with van der Waals surface area (Å²) in [4.78, 5) is 28.1. The molecule has 1 atom stereocenters. The van der Waals surface area contributed by atoms with Crippen molar-refractivity contribution < 1.29 is 14.7 Å².